The number of nitrogens with one attached hydrogen (secondary N) is 2. The van der Waals surface area contributed by atoms with Gasteiger partial charge in [-0.3, -0.25) is 14.4 Å². The van der Waals surface area contributed by atoms with Crippen LogP contribution in [0, 0.1) is 18.8 Å². The molecule has 0 amide bonds. The number of rotatable bonds is 2. The van der Waals surface area contributed by atoms with Gasteiger partial charge in [0.05, 0.1) is 35.5 Å². The Morgan fingerprint density at radius 3 is 2.64 bits per heavy atom. The summed E-state index contributed by atoms with van der Waals surface area (Å²) < 4.78 is 10.7. The van der Waals surface area contributed by atoms with Crippen LogP contribution in [-0.4, -0.2) is 18.9 Å². The van der Waals surface area contributed by atoms with Gasteiger partial charge in [0.15, 0.2) is 11.2 Å². The summed E-state index contributed by atoms with van der Waals surface area (Å²) in [6, 6.07) is 12.2. The number of anilines is 2. The summed E-state index contributed by atoms with van der Waals surface area (Å²) in [5, 5.41) is 7.19. The van der Waals surface area contributed by atoms with E-state index in [1.807, 2.05) is 44.2 Å². The van der Waals surface area contributed by atoms with Crippen molar-refractivity contribution in [3.8, 4) is 0 Å². The van der Waals surface area contributed by atoms with E-state index in [1.54, 1.807) is 12.1 Å². The van der Waals surface area contributed by atoms with Gasteiger partial charge in [0.25, 0.3) is 0 Å². The first kappa shape index (κ1) is 21.0. The van der Waals surface area contributed by atoms with Gasteiger partial charge in [-0.1, -0.05) is 30.7 Å². The Morgan fingerprint density at radius 2 is 1.88 bits per heavy atom. The number of Topliss-reactive ketones (excluding diaryl/α,β-unsaturated/α-hetero) is 1. The average Bonchev–Trinajstić information content (AvgIpc) is 2.96. The molecule has 0 bridgehead atoms. The minimum Gasteiger partial charge on any atom is -0.468 e. The van der Waals surface area contributed by atoms with Crippen molar-refractivity contribution in [3.05, 3.63) is 81.3 Å². The van der Waals surface area contributed by atoms with E-state index in [0.717, 1.165) is 16.9 Å². The van der Waals surface area contributed by atoms with Crippen LogP contribution in [0.4, 0.5) is 11.4 Å². The van der Waals surface area contributed by atoms with Crippen LogP contribution in [-0.2, 0) is 14.3 Å². The molecule has 2 aliphatic rings. The summed E-state index contributed by atoms with van der Waals surface area (Å²) in [6.07, 6.45) is 1.88. The molecule has 33 heavy (non-hydrogen) atoms. The Bertz CT molecular complexity index is 1390. The van der Waals surface area contributed by atoms with Gasteiger partial charge >= 0.3 is 5.97 Å². The lowest BCUT2D eigenvalue weighted by Gasteiger charge is -2.32. The normalized spacial score (nSPS) is 22.0. The summed E-state index contributed by atoms with van der Waals surface area (Å²) in [4.78, 5) is 39.8. The van der Waals surface area contributed by atoms with E-state index in [-0.39, 0.29) is 17.1 Å². The number of hydrogen-bond donors (Lipinski definition) is 2. The largest absolute Gasteiger partial charge is 0.468 e. The number of methoxy groups -OCH3 is 1. The fourth-order valence-corrected chi connectivity index (χ4v) is 4.83. The highest BCUT2D eigenvalue weighted by Crippen LogP contribution is 2.43. The number of esters is 1. The summed E-state index contributed by atoms with van der Waals surface area (Å²) >= 11 is 0. The van der Waals surface area contributed by atoms with E-state index < -0.39 is 17.9 Å². The predicted molar refractivity (Wildman–Crippen MR) is 125 cm³/mol. The first-order valence-corrected chi connectivity index (χ1v) is 10.9. The molecule has 0 radical (unpaired) electrons. The van der Waals surface area contributed by atoms with Gasteiger partial charge in [-0.25, -0.2) is 0 Å². The van der Waals surface area contributed by atoms with E-state index in [9.17, 15) is 14.4 Å². The van der Waals surface area contributed by atoms with Crippen LogP contribution in [0.1, 0.15) is 30.5 Å². The Morgan fingerprint density at radius 1 is 1.12 bits per heavy atom. The van der Waals surface area contributed by atoms with Crippen molar-refractivity contribution in [2.24, 2.45) is 11.8 Å². The zero-order valence-corrected chi connectivity index (χ0v) is 18.6. The van der Waals surface area contributed by atoms with Crippen LogP contribution in [0.5, 0.6) is 0 Å². The van der Waals surface area contributed by atoms with Gasteiger partial charge < -0.3 is 19.8 Å². The second-order valence-electron chi connectivity index (χ2n) is 8.71. The molecule has 0 fully saturated rings. The van der Waals surface area contributed by atoms with Crippen molar-refractivity contribution in [2.75, 3.05) is 17.7 Å². The molecule has 2 heterocycles. The third-order valence-electron chi connectivity index (χ3n) is 6.49. The summed E-state index contributed by atoms with van der Waals surface area (Å²) in [5.74, 6) is -2.11. The highest BCUT2D eigenvalue weighted by Gasteiger charge is 2.45. The molecule has 0 saturated carbocycles. The highest BCUT2D eigenvalue weighted by atomic mass is 16.5. The fraction of sp³-hybridized carbons (Fsp3) is 0.269. The molecule has 0 saturated heterocycles. The van der Waals surface area contributed by atoms with Crippen molar-refractivity contribution < 1.29 is 18.7 Å². The molecular weight excluding hydrogens is 420 g/mol. The van der Waals surface area contributed by atoms with Crippen molar-refractivity contribution in [2.45, 2.75) is 26.3 Å². The third-order valence-corrected chi connectivity index (χ3v) is 6.49. The van der Waals surface area contributed by atoms with Crippen LogP contribution in [0.25, 0.3) is 11.0 Å². The Kier molecular flexibility index (Phi) is 5.04. The molecule has 1 aliphatic heterocycles. The lowest BCUT2D eigenvalue weighted by molar-refractivity contribution is -0.151. The number of ether oxygens (including phenoxy) is 1. The second-order valence-corrected chi connectivity index (χ2v) is 8.71. The maximum atomic E-state index is 13.7. The maximum absolute atomic E-state index is 13.7. The topological polar surface area (TPSA) is 97.6 Å². The first-order valence-electron chi connectivity index (χ1n) is 10.9. The molecule has 168 valence electrons. The molecule has 1 aromatic heterocycles. The Labute approximate surface area is 190 Å². The molecule has 1 aliphatic carbocycles. The standard InChI is InChI=1S/C26H24N2O5/c1-13-8-9-20-15(10-13)24(29)16(12-33-20)23-22-19(27-17-6-4-5-7-18(17)28-23)11-14(2)21(25(22)30)26(31)32-3/h4-10,12,14,21,23,27-28H,11H2,1-3H3/t14-,21-,23+/m0/s1. The van der Waals surface area contributed by atoms with E-state index in [4.69, 9.17) is 9.15 Å². The molecular formula is C26H24N2O5. The van der Waals surface area contributed by atoms with Gasteiger partial charge in [-0.15, -0.1) is 0 Å². The van der Waals surface area contributed by atoms with Gasteiger partial charge in [0, 0.05) is 11.3 Å². The quantitative estimate of drug-likeness (QED) is 0.448. The van der Waals surface area contributed by atoms with Crippen molar-refractivity contribution in [1.29, 1.82) is 0 Å². The zero-order chi connectivity index (χ0) is 23.3. The van der Waals surface area contributed by atoms with Crippen molar-refractivity contribution in [1.82, 2.24) is 0 Å². The van der Waals surface area contributed by atoms with Crippen LogP contribution in [0.15, 0.2) is 69.2 Å². The number of hydrogen-bond acceptors (Lipinski definition) is 7. The van der Waals surface area contributed by atoms with Crippen molar-refractivity contribution >= 4 is 34.1 Å². The minimum atomic E-state index is -0.934. The molecule has 2 aromatic carbocycles. The van der Waals surface area contributed by atoms with Crippen molar-refractivity contribution in [3.63, 3.8) is 0 Å². The highest BCUT2D eigenvalue weighted by molar-refractivity contribution is 6.11. The van der Waals surface area contributed by atoms with Gasteiger partial charge in [0.1, 0.15) is 17.8 Å². The number of fused-ring (bicyclic) bond motifs is 2. The molecule has 7 heteroatoms. The molecule has 2 N–H and O–H groups in total. The number of carbonyl (C=O) groups is 2. The number of carbonyl (C=O) groups excluding carboxylic acids is 2. The van der Waals surface area contributed by atoms with Crippen LogP contribution in [0.3, 0.4) is 0 Å². The van der Waals surface area contributed by atoms with Gasteiger partial charge in [0.2, 0.25) is 0 Å². The van der Waals surface area contributed by atoms with E-state index >= 15 is 0 Å². The average molecular weight is 444 g/mol. The monoisotopic (exact) mass is 444 g/mol. The summed E-state index contributed by atoms with van der Waals surface area (Å²) in [7, 11) is 1.28. The lowest BCUT2D eigenvalue weighted by Crippen LogP contribution is -2.40. The van der Waals surface area contributed by atoms with Crippen LogP contribution in [0.2, 0.25) is 0 Å². The fourth-order valence-electron chi connectivity index (χ4n) is 4.83. The number of para-hydroxylation sites is 2. The molecule has 0 unspecified atom stereocenters. The smallest absolute Gasteiger partial charge is 0.316 e. The third kappa shape index (κ3) is 3.40. The van der Waals surface area contributed by atoms with Crippen LogP contribution < -0.4 is 16.1 Å². The first-order chi connectivity index (χ1) is 15.9. The Balaban J connectivity index is 1.74. The number of ketones is 1. The molecule has 3 aromatic rings. The molecule has 5 rings (SSSR count). The number of benzene rings is 2. The van der Waals surface area contributed by atoms with Gasteiger partial charge in [-0.05, 0) is 43.5 Å². The Hall–Kier alpha value is -3.87. The molecule has 7 nitrogen and oxygen atoms in total. The van der Waals surface area contributed by atoms with E-state index in [2.05, 4.69) is 10.6 Å². The number of aryl methyl sites for hydroxylation is 1. The van der Waals surface area contributed by atoms with Gasteiger partial charge in [-0.2, -0.15) is 0 Å². The van der Waals surface area contributed by atoms with Crippen LogP contribution >= 0.6 is 0 Å². The van der Waals surface area contributed by atoms with E-state index in [0.29, 0.717) is 34.2 Å². The minimum absolute atomic E-state index is 0.218. The number of allylic oxidation sites excluding steroid dienone is 1. The lowest BCUT2D eigenvalue weighted by atomic mass is 9.75. The second kappa shape index (κ2) is 7.92. The van der Waals surface area contributed by atoms with E-state index in [1.165, 1.54) is 13.4 Å². The zero-order valence-electron chi connectivity index (χ0n) is 18.6. The maximum Gasteiger partial charge on any atom is 0.316 e. The summed E-state index contributed by atoms with van der Waals surface area (Å²) in [6.45, 7) is 3.76. The molecule has 0 spiro atoms. The molecule has 3 atom stereocenters. The predicted octanol–water partition coefficient (Wildman–Crippen LogP) is 4.33. The SMILES string of the molecule is COC(=O)[C@@H]1C(=O)C2=C(C[C@@H]1C)Nc1ccccc1N[C@@H]2c1coc2ccc(C)cc2c1=O. The summed E-state index contributed by atoms with van der Waals surface area (Å²) in [5.41, 5.74) is 4.10.